The van der Waals surface area contributed by atoms with Crippen LogP contribution in [0, 0.1) is 19.8 Å². The molecule has 9 nitrogen and oxygen atoms in total. The van der Waals surface area contributed by atoms with E-state index in [-0.39, 0.29) is 17.7 Å². The molecule has 152 valence electrons. The van der Waals surface area contributed by atoms with Gasteiger partial charge in [-0.3, -0.25) is 19.0 Å². The molecule has 1 saturated carbocycles. The van der Waals surface area contributed by atoms with Crippen LogP contribution in [0.25, 0.3) is 0 Å². The van der Waals surface area contributed by atoms with E-state index >= 15 is 0 Å². The highest BCUT2D eigenvalue weighted by molar-refractivity contribution is 5.92. The molecule has 0 spiro atoms. The van der Waals surface area contributed by atoms with E-state index in [1.165, 1.54) is 0 Å². The summed E-state index contributed by atoms with van der Waals surface area (Å²) in [4.78, 5) is 24.9. The third-order valence-electron chi connectivity index (χ3n) is 5.26. The zero-order chi connectivity index (χ0) is 20.3. The maximum absolute atomic E-state index is 12.5. The molecule has 3 rings (SSSR count). The first-order chi connectivity index (χ1) is 13.3. The Morgan fingerprint density at radius 2 is 2.07 bits per heavy atom. The quantitative estimate of drug-likeness (QED) is 0.659. The van der Waals surface area contributed by atoms with Gasteiger partial charge in [-0.05, 0) is 45.2 Å². The lowest BCUT2D eigenvalue weighted by atomic mass is 9.83. The van der Waals surface area contributed by atoms with Gasteiger partial charge in [0.1, 0.15) is 5.69 Å². The first kappa shape index (κ1) is 20.1. The fourth-order valence-electron chi connectivity index (χ4n) is 3.49. The second kappa shape index (κ2) is 8.55. The lowest BCUT2D eigenvalue weighted by Crippen LogP contribution is -2.49. The SMILES string of the molecule is Cc1ccn(CCNC(=O)[C@H]2CC[C@@H](O)[C@H](NC(=O)c3cc(C)n(C)n3)C2)n1. The maximum Gasteiger partial charge on any atom is 0.272 e. The van der Waals surface area contributed by atoms with Gasteiger partial charge < -0.3 is 15.7 Å². The summed E-state index contributed by atoms with van der Waals surface area (Å²) in [6, 6.07) is 3.15. The average Bonchev–Trinajstić information content (AvgIpc) is 3.22. The Labute approximate surface area is 164 Å². The summed E-state index contributed by atoms with van der Waals surface area (Å²) in [7, 11) is 1.77. The minimum Gasteiger partial charge on any atom is -0.391 e. The molecule has 0 radical (unpaired) electrons. The second-order valence-corrected chi connectivity index (χ2v) is 7.46. The van der Waals surface area contributed by atoms with Crippen molar-refractivity contribution in [2.75, 3.05) is 6.54 Å². The van der Waals surface area contributed by atoms with Gasteiger partial charge in [0.15, 0.2) is 0 Å². The smallest absolute Gasteiger partial charge is 0.272 e. The molecule has 3 N–H and O–H groups in total. The van der Waals surface area contributed by atoms with Crippen LogP contribution in [0.1, 0.15) is 41.1 Å². The van der Waals surface area contributed by atoms with Crippen LogP contribution in [-0.2, 0) is 18.4 Å². The van der Waals surface area contributed by atoms with Gasteiger partial charge in [-0.1, -0.05) is 0 Å². The Kier molecular flexibility index (Phi) is 6.13. The van der Waals surface area contributed by atoms with E-state index in [1.807, 2.05) is 26.1 Å². The van der Waals surface area contributed by atoms with Gasteiger partial charge in [0.25, 0.3) is 5.91 Å². The van der Waals surface area contributed by atoms with Gasteiger partial charge in [-0.25, -0.2) is 0 Å². The van der Waals surface area contributed by atoms with Gasteiger partial charge in [0.2, 0.25) is 5.91 Å². The minimum absolute atomic E-state index is 0.0521. The predicted octanol–water partition coefficient (Wildman–Crippen LogP) is 0.309. The summed E-state index contributed by atoms with van der Waals surface area (Å²) in [5.41, 5.74) is 2.13. The van der Waals surface area contributed by atoms with Crippen LogP contribution in [0.3, 0.4) is 0 Å². The van der Waals surface area contributed by atoms with Crippen LogP contribution < -0.4 is 10.6 Å². The molecule has 3 atom stereocenters. The van der Waals surface area contributed by atoms with Gasteiger partial charge in [-0.2, -0.15) is 10.2 Å². The van der Waals surface area contributed by atoms with E-state index in [2.05, 4.69) is 20.8 Å². The number of rotatable bonds is 6. The molecular weight excluding hydrogens is 360 g/mol. The van der Waals surface area contributed by atoms with Crippen molar-refractivity contribution in [2.45, 2.75) is 51.8 Å². The van der Waals surface area contributed by atoms with Crippen molar-refractivity contribution >= 4 is 11.8 Å². The van der Waals surface area contributed by atoms with Crippen LogP contribution in [0.15, 0.2) is 18.3 Å². The third kappa shape index (κ3) is 4.78. The monoisotopic (exact) mass is 388 g/mol. The topological polar surface area (TPSA) is 114 Å². The second-order valence-electron chi connectivity index (χ2n) is 7.46. The molecule has 2 aromatic heterocycles. The summed E-state index contributed by atoms with van der Waals surface area (Å²) in [5.74, 6) is -0.620. The molecule has 2 amide bonds. The van der Waals surface area contributed by atoms with E-state index < -0.39 is 12.1 Å². The van der Waals surface area contributed by atoms with Gasteiger partial charge in [0, 0.05) is 31.4 Å². The van der Waals surface area contributed by atoms with Crippen molar-refractivity contribution in [2.24, 2.45) is 13.0 Å². The number of nitrogens with one attached hydrogen (secondary N) is 2. The van der Waals surface area contributed by atoms with Crippen molar-refractivity contribution < 1.29 is 14.7 Å². The average molecular weight is 388 g/mol. The number of aliphatic hydroxyl groups is 1. The summed E-state index contributed by atoms with van der Waals surface area (Å²) in [5, 5.41) is 24.5. The lowest BCUT2D eigenvalue weighted by Gasteiger charge is -2.33. The molecule has 2 aromatic rings. The number of nitrogens with zero attached hydrogens (tertiary/aromatic N) is 4. The summed E-state index contributed by atoms with van der Waals surface area (Å²) < 4.78 is 3.42. The maximum atomic E-state index is 12.5. The first-order valence-electron chi connectivity index (χ1n) is 9.61. The number of hydrogen-bond acceptors (Lipinski definition) is 5. The molecule has 2 heterocycles. The number of carbonyl (C=O) groups is 2. The highest BCUT2D eigenvalue weighted by Gasteiger charge is 2.34. The van der Waals surface area contributed by atoms with Crippen molar-refractivity contribution in [3.05, 3.63) is 35.4 Å². The van der Waals surface area contributed by atoms with E-state index in [1.54, 1.807) is 22.5 Å². The Hall–Kier alpha value is -2.68. The third-order valence-corrected chi connectivity index (χ3v) is 5.26. The van der Waals surface area contributed by atoms with Crippen LogP contribution in [0.5, 0.6) is 0 Å². The van der Waals surface area contributed by atoms with E-state index in [9.17, 15) is 14.7 Å². The van der Waals surface area contributed by atoms with Crippen molar-refractivity contribution in [1.82, 2.24) is 30.2 Å². The highest BCUT2D eigenvalue weighted by Crippen LogP contribution is 2.25. The molecule has 0 aliphatic heterocycles. The number of aliphatic hydroxyl groups excluding tert-OH is 1. The molecule has 1 aliphatic rings. The normalized spacial score (nSPS) is 22.1. The summed E-state index contributed by atoms with van der Waals surface area (Å²) >= 11 is 0. The number of carbonyl (C=O) groups excluding carboxylic acids is 2. The fourth-order valence-corrected chi connectivity index (χ4v) is 3.49. The molecule has 28 heavy (non-hydrogen) atoms. The van der Waals surface area contributed by atoms with E-state index in [0.717, 1.165) is 11.4 Å². The Bertz CT molecular complexity index is 823. The van der Waals surface area contributed by atoms with Gasteiger partial charge in [-0.15, -0.1) is 0 Å². The molecule has 0 saturated heterocycles. The first-order valence-corrected chi connectivity index (χ1v) is 9.61. The number of hydrogen-bond donors (Lipinski definition) is 3. The Balaban J connectivity index is 1.51. The summed E-state index contributed by atoms with van der Waals surface area (Å²) in [6.07, 6.45) is 2.70. The van der Waals surface area contributed by atoms with Crippen LogP contribution in [0.2, 0.25) is 0 Å². The van der Waals surface area contributed by atoms with Gasteiger partial charge in [0.05, 0.1) is 24.4 Å². The molecule has 0 unspecified atom stereocenters. The van der Waals surface area contributed by atoms with Crippen LogP contribution in [0.4, 0.5) is 0 Å². The Morgan fingerprint density at radius 3 is 2.71 bits per heavy atom. The highest BCUT2D eigenvalue weighted by atomic mass is 16.3. The zero-order valence-electron chi connectivity index (χ0n) is 16.6. The standard InChI is InChI=1S/C19H28N6O3/c1-12-6-8-25(22-12)9-7-20-18(27)14-4-5-17(26)15(11-14)21-19(28)16-10-13(2)24(3)23-16/h6,8,10,14-15,17,26H,4-5,7,9,11H2,1-3H3,(H,20,27)(H,21,28)/t14-,15+,17+/m0/s1. The molecule has 0 aromatic carbocycles. The van der Waals surface area contributed by atoms with Gasteiger partial charge >= 0.3 is 0 Å². The molecule has 0 bridgehead atoms. The Morgan fingerprint density at radius 1 is 1.29 bits per heavy atom. The number of aryl methyl sites for hydroxylation is 3. The van der Waals surface area contributed by atoms with Crippen molar-refractivity contribution in [3.8, 4) is 0 Å². The molecule has 1 fully saturated rings. The van der Waals surface area contributed by atoms with E-state index in [0.29, 0.717) is 38.0 Å². The number of aromatic nitrogens is 4. The fraction of sp³-hybridized carbons (Fsp3) is 0.579. The zero-order valence-corrected chi connectivity index (χ0v) is 16.6. The predicted molar refractivity (Wildman–Crippen MR) is 103 cm³/mol. The van der Waals surface area contributed by atoms with Crippen molar-refractivity contribution in [3.63, 3.8) is 0 Å². The van der Waals surface area contributed by atoms with E-state index in [4.69, 9.17) is 0 Å². The largest absolute Gasteiger partial charge is 0.391 e. The summed E-state index contributed by atoms with van der Waals surface area (Å²) in [6.45, 7) is 4.88. The van der Waals surface area contributed by atoms with Crippen LogP contribution >= 0.6 is 0 Å². The lowest BCUT2D eigenvalue weighted by molar-refractivity contribution is -0.127. The van der Waals surface area contributed by atoms with Crippen molar-refractivity contribution in [1.29, 1.82) is 0 Å². The molecular formula is C19H28N6O3. The minimum atomic E-state index is -0.662. The molecule has 9 heteroatoms. The molecule has 1 aliphatic carbocycles. The van der Waals surface area contributed by atoms with Crippen LogP contribution in [-0.4, -0.2) is 55.2 Å². The number of amides is 2.